The fourth-order valence-electron chi connectivity index (χ4n) is 3.54. The monoisotopic (exact) mass is 674 g/mol. The first kappa shape index (κ1) is 41.2. The zero-order valence-corrected chi connectivity index (χ0v) is 28.3. The molecular weight excluding hydrogens is 628 g/mol. The molecular formula is C34H46N2O12. The Hall–Kier alpha value is -4.82. The maximum Gasteiger partial charge on any atom is 0.315 e. The summed E-state index contributed by atoms with van der Waals surface area (Å²) in [6.07, 6.45) is -0.0546. The lowest BCUT2D eigenvalue weighted by molar-refractivity contribution is -0.147. The van der Waals surface area contributed by atoms with E-state index in [0.717, 1.165) is 0 Å². The number of carbonyl (C=O) groups excluding carboxylic acids is 6. The number of aliphatic hydroxyl groups is 2. The molecule has 4 N–H and O–H groups in total. The third kappa shape index (κ3) is 17.2. The Morgan fingerprint density at radius 3 is 1.40 bits per heavy atom. The van der Waals surface area contributed by atoms with Crippen LogP contribution in [0.5, 0.6) is 11.5 Å². The number of esters is 2. The smallest absolute Gasteiger partial charge is 0.315 e. The number of Topliss-reactive ketones (excluding diaryl/α,β-unsaturated/α-hetero) is 2. The molecule has 0 fully saturated rings. The average Bonchev–Trinajstić information content (AvgIpc) is 3.02. The van der Waals surface area contributed by atoms with Crippen LogP contribution in [0.25, 0.3) is 0 Å². The number of hydrogen-bond donors (Lipinski definition) is 4. The van der Waals surface area contributed by atoms with Gasteiger partial charge in [0.15, 0.2) is 11.6 Å². The summed E-state index contributed by atoms with van der Waals surface area (Å²) < 4.78 is 20.4. The second-order valence-electron chi connectivity index (χ2n) is 11.3. The second kappa shape index (κ2) is 20.4. The minimum atomic E-state index is -1.45. The van der Waals surface area contributed by atoms with Gasteiger partial charge in [-0.15, -0.1) is 0 Å². The predicted molar refractivity (Wildman–Crippen MR) is 174 cm³/mol. The molecule has 0 bridgehead atoms. The molecule has 0 saturated carbocycles. The van der Waals surface area contributed by atoms with Gasteiger partial charge in [0.1, 0.15) is 55.5 Å². The summed E-state index contributed by atoms with van der Waals surface area (Å²) in [5, 5.41) is 24.4. The number of carbonyl (C=O) groups is 6. The van der Waals surface area contributed by atoms with Crippen LogP contribution in [-0.2, 0) is 28.7 Å². The maximum absolute atomic E-state index is 11.9. The summed E-state index contributed by atoms with van der Waals surface area (Å²) in [7, 11) is 0. The van der Waals surface area contributed by atoms with Crippen molar-refractivity contribution in [3.63, 3.8) is 0 Å². The number of nitrogens with one attached hydrogen (secondary N) is 2. The topological polar surface area (TPSA) is 204 Å². The molecule has 2 aromatic carbocycles. The van der Waals surface area contributed by atoms with E-state index < -0.39 is 35.3 Å². The second-order valence-corrected chi connectivity index (χ2v) is 11.3. The molecule has 0 aliphatic rings. The van der Waals surface area contributed by atoms with Crippen LogP contribution in [0, 0.1) is 0 Å². The van der Waals surface area contributed by atoms with Gasteiger partial charge >= 0.3 is 11.9 Å². The number of rotatable bonds is 18. The molecule has 2 amide bonds. The SMILES string of the molecule is CC(=O)OCCOc1ccc(C(=O)C(C)(C)O)cc1.CCC(=O)NCCNC(=O)CC(=O)OCCOc1ccc(C(=O)C(C)(C)O)cc1. The summed E-state index contributed by atoms with van der Waals surface area (Å²) in [4.78, 5) is 68.4. The van der Waals surface area contributed by atoms with Crippen molar-refractivity contribution < 1.29 is 57.9 Å². The van der Waals surface area contributed by atoms with Crippen LogP contribution in [0.3, 0.4) is 0 Å². The molecule has 48 heavy (non-hydrogen) atoms. The lowest BCUT2D eigenvalue weighted by Gasteiger charge is -2.15. The van der Waals surface area contributed by atoms with E-state index in [1.54, 1.807) is 43.3 Å². The lowest BCUT2D eigenvalue weighted by Crippen LogP contribution is -2.35. The maximum atomic E-state index is 11.9. The van der Waals surface area contributed by atoms with Crippen LogP contribution in [0.4, 0.5) is 0 Å². The summed E-state index contributed by atoms with van der Waals surface area (Å²) in [5.74, 6) is -1.35. The minimum absolute atomic E-state index is 0.0387. The first-order valence-electron chi connectivity index (χ1n) is 15.3. The van der Waals surface area contributed by atoms with Crippen molar-refractivity contribution in [2.75, 3.05) is 39.5 Å². The molecule has 0 atom stereocenters. The number of amides is 2. The van der Waals surface area contributed by atoms with Gasteiger partial charge in [0, 0.05) is 37.6 Å². The van der Waals surface area contributed by atoms with E-state index in [0.29, 0.717) is 35.6 Å². The highest BCUT2D eigenvalue weighted by molar-refractivity contribution is 6.02. The number of hydrogen-bond acceptors (Lipinski definition) is 12. The van der Waals surface area contributed by atoms with Gasteiger partial charge in [-0.3, -0.25) is 28.8 Å². The van der Waals surface area contributed by atoms with E-state index in [-0.39, 0.29) is 50.6 Å². The predicted octanol–water partition coefficient (Wildman–Crippen LogP) is 2.18. The van der Waals surface area contributed by atoms with Crippen LogP contribution < -0.4 is 20.1 Å². The highest BCUT2D eigenvalue weighted by atomic mass is 16.6. The highest BCUT2D eigenvalue weighted by Gasteiger charge is 2.25. The molecule has 0 heterocycles. The number of benzene rings is 2. The molecule has 0 aromatic heterocycles. The van der Waals surface area contributed by atoms with Crippen LogP contribution >= 0.6 is 0 Å². The van der Waals surface area contributed by atoms with Gasteiger partial charge in [-0.25, -0.2) is 0 Å². The van der Waals surface area contributed by atoms with Gasteiger partial charge in [-0.2, -0.15) is 0 Å². The van der Waals surface area contributed by atoms with Crippen LogP contribution in [0.2, 0.25) is 0 Å². The van der Waals surface area contributed by atoms with Crippen molar-refractivity contribution in [2.45, 2.75) is 65.6 Å². The van der Waals surface area contributed by atoms with Crippen molar-refractivity contribution in [1.82, 2.24) is 10.6 Å². The number of ketones is 2. The quantitative estimate of drug-likeness (QED) is 0.0778. The molecule has 0 saturated heterocycles. The summed E-state index contributed by atoms with van der Waals surface area (Å²) in [5.41, 5.74) is -2.07. The molecule has 2 rings (SSSR count). The van der Waals surface area contributed by atoms with Crippen molar-refractivity contribution >= 4 is 35.3 Å². The van der Waals surface area contributed by atoms with Crippen molar-refractivity contribution in [2.24, 2.45) is 0 Å². The van der Waals surface area contributed by atoms with E-state index in [9.17, 15) is 39.0 Å². The highest BCUT2D eigenvalue weighted by Crippen LogP contribution is 2.18. The van der Waals surface area contributed by atoms with Gasteiger partial charge < -0.3 is 39.8 Å². The van der Waals surface area contributed by atoms with Crippen LogP contribution in [-0.4, -0.2) is 96.3 Å². The summed E-state index contributed by atoms with van der Waals surface area (Å²) in [6, 6.07) is 12.7. The van der Waals surface area contributed by atoms with Gasteiger partial charge in [0.2, 0.25) is 11.8 Å². The van der Waals surface area contributed by atoms with Crippen LogP contribution in [0.15, 0.2) is 48.5 Å². The van der Waals surface area contributed by atoms with E-state index in [2.05, 4.69) is 10.6 Å². The summed E-state index contributed by atoms with van der Waals surface area (Å²) >= 11 is 0. The molecule has 0 unspecified atom stereocenters. The van der Waals surface area contributed by atoms with Gasteiger partial charge in [0.05, 0.1) is 0 Å². The van der Waals surface area contributed by atoms with Crippen molar-refractivity contribution in [3.8, 4) is 11.5 Å². The zero-order chi connectivity index (χ0) is 36.3. The van der Waals surface area contributed by atoms with Crippen molar-refractivity contribution in [3.05, 3.63) is 59.7 Å². The minimum Gasteiger partial charge on any atom is -0.490 e. The summed E-state index contributed by atoms with van der Waals surface area (Å²) in [6.45, 7) is 9.76. The Bertz CT molecular complexity index is 1360. The molecule has 0 aliphatic heterocycles. The third-order valence-electron chi connectivity index (χ3n) is 6.01. The number of ether oxygens (including phenoxy) is 4. The molecule has 0 radical (unpaired) electrons. The van der Waals surface area contributed by atoms with Crippen LogP contribution in [0.1, 0.15) is 75.1 Å². The first-order chi connectivity index (χ1) is 22.4. The Morgan fingerprint density at radius 1 is 0.625 bits per heavy atom. The van der Waals surface area contributed by atoms with E-state index in [1.807, 2.05) is 0 Å². The Labute approximate surface area is 280 Å². The Kier molecular flexibility index (Phi) is 17.5. The Balaban J connectivity index is 0.000000524. The largest absolute Gasteiger partial charge is 0.490 e. The standard InChI is InChI=1S/C20H28N2O7.C14H18O5/c1-4-16(23)21-9-10-22-17(24)13-18(25)29-12-11-28-15-7-5-14(6-8-15)19(26)20(2,3)27;1-10(15)18-8-9-19-12-6-4-11(5-7-12)13(16)14(2,3)17/h5-8,27H,4,9-13H2,1-3H3,(H,21,23)(H,22,24);4-7,17H,8-9H2,1-3H3. The van der Waals surface area contributed by atoms with E-state index in [1.165, 1.54) is 46.8 Å². The lowest BCUT2D eigenvalue weighted by atomic mass is 9.97. The van der Waals surface area contributed by atoms with Gasteiger partial charge in [-0.1, -0.05) is 6.92 Å². The molecule has 264 valence electrons. The zero-order valence-electron chi connectivity index (χ0n) is 28.3. The Morgan fingerprint density at radius 2 is 1.02 bits per heavy atom. The fourth-order valence-corrected chi connectivity index (χ4v) is 3.54. The molecule has 0 aliphatic carbocycles. The molecule has 0 spiro atoms. The normalized spacial score (nSPS) is 10.8. The molecule has 14 nitrogen and oxygen atoms in total. The van der Waals surface area contributed by atoms with E-state index >= 15 is 0 Å². The first-order valence-corrected chi connectivity index (χ1v) is 15.3. The average molecular weight is 675 g/mol. The van der Waals surface area contributed by atoms with E-state index in [4.69, 9.17) is 18.9 Å². The third-order valence-corrected chi connectivity index (χ3v) is 6.01. The van der Waals surface area contributed by atoms with Gasteiger partial charge in [0.25, 0.3) is 0 Å². The fraction of sp³-hybridized carbons (Fsp3) is 0.471. The molecule has 2 aromatic rings. The molecule has 14 heteroatoms. The van der Waals surface area contributed by atoms with Crippen molar-refractivity contribution in [1.29, 1.82) is 0 Å². The van der Waals surface area contributed by atoms with Gasteiger partial charge in [-0.05, 0) is 76.2 Å².